The van der Waals surface area contributed by atoms with E-state index in [2.05, 4.69) is 0 Å². The molecular formula is C10H13ClO. The van der Waals surface area contributed by atoms with Crippen LogP contribution in [-0.2, 0) is 6.42 Å². The number of hydrogen-bond donors (Lipinski definition) is 0. The van der Waals surface area contributed by atoms with Gasteiger partial charge in [-0.25, -0.2) is 0 Å². The summed E-state index contributed by atoms with van der Waals surface area (Å²) in [5.41, 5.74) is 1.26. The highest BCUT2D eigenvalue weighted by Crippen LogP contribution is 2.12. The lowest BCUT2D eigenvalue weighted by Crippen LogP contribution is -1.91. The van der Waals surface area contributed by atoms with Crippen LogP contribution in [0.5, 0.6) is 5.75 Å². The minimum atomic E-state index is 0.675. The molecule has 0 heterocycles. The Kier molecular flexibility index (Phi) is 3.95. The molecule has 0 unspecified atom stereocenters. The molecule has 12 heavy (non-hydrogen) atoms. The van der Waals surface area contributed by atoms with Gasteiger partial charge in [-0.1, -0.05) is 12.1 Å². The number of ether oxygens (including phenoxy) is 1. The van der Waals surface area contributed by atoms with E-state index in [0.29, 0.717) is 5.88 Å². The molecule has 66 valence electrons. The van der Waals surface area contributed by atoms with Gasteiger partial charge < -0.3 is 4.74 Å². The number of aryl methyl sites for hydroxylation is 1. The summed E-state index contributed by atoms with van der Waals surface area (Å²) in [6.45, 7) is 2.70. The second-order valence-corrected chi connectivity index (χ2v) is 2.89. The van der Waals surface area contributed by atoms with Crippen LogP contribution >= 0.6 is 11.6 Å². The van der Waals surface area contributed by atoms with Crippen molar-refractivity contribution in [3.05, 3.63) is 29.8 Å². The summed E-state index contributed by atoms with van der Waals surface area (Å²) >= 11 is 5.61. The van der Waals surface area contributed by atoms with Crippen molar-refractivity contribution in [1.29, 1.82) is 0 Å². The summed E-state index contributed by atoms with van der Waals surface area (Å²) in [5, 5.41) is 0. The van der Waals surface area contributed by atoms with Crippen LogP contribution in [0.15, 0.2) is 24.3 Å². The minimum Gasteiger partial charge on any atom is -0.494 e. The first-order valence-electron chi connectivity index (χ1n) is 4.14. The van der Waals surface area contributed by atoms with Crippen LogP contribution in [0.25, 0.3) is 0 Å². The Morgan fingerprint density at radius 2 is 1.92 bits per heavy atom. The zero-order valence-corrected chi connectivity index (χ0v) is 7.97. The van der Waals surface area contributed by atoms with E-state index >= 15 is 0 Å². The van der Waals surface area contributed by atoms with Gasteiger partial charge in [0.05, 0.1) is 6.61 Å². The molecule has 2 heteroatoms. The Morgan fingerprint density at radius 3 is 2.42 bits per heavy atom. The van der Waals surface area contributed by atoms with E-state index in [0.717, 1.165) is 18.8 Å². The molecule has 0 bridgehead atoms. The molecule has 0 N–H and O–H groups in total. The van der Waals surface area contributed by atoms with E-state index < -0.39 is 0 Å². The third kappa shape index (κ3) is 2.74. The molecule has 0 atom stereocenters. The number of alkyl halides is 1. The van der Waals surface area contributed by atoms with Gasteiger partial charge in [-0.15, -0.1) is 11.6 Å². The largest absolute Gasteiger partial charge is 0.494 e. The fourth-order valence-electron chi connectivity index (χ4n) is 1.03. The lowest BCUT2D eigenvalue weighted by atomic mass is 10.2. The van der Waals surface area contributed by atoms with Gasteiger partial charge in [0.15, 0.2) is 0 Å². The normalized spacial score (nSPS) is 9.83. The fraction of sp³-hybridized carbons (Fsp3) is 0.400. The number of rotatable bonds is 4. The van der Waals surface area contributed by atoms with Crippen LogP contribution in [0.4, 0.5) is 0 Å². The third-order valence-corrected chi connectivity index (χ3v) is 1.81. The van der Waals surface area contributed by atoms with E-state index in [1.54, 1.807) is 0 Å². The smallest absolute Gasteiger partial charge is 0.119 e. The van der Waals surface area contributed by atoms with Gasteiger partial charge in [-0.3, -0.25) is 0 Å². The van der Waals surface area contributed by atoms with Crippen molar-refractivity contribution in [3.63, 3.8) is 0 Å². The molecule has 1 rings (SSSR count). The summed E-state index contributed by atoms with van der Waals surface area (Å²) in [6.07, 6.45) is 0.925. The predicted molar refractivity (Wildman–Crippen MR) is 52.0 cm³/mol. The van der Waals surface area contributed by atoms with Crippen molar-refractivity contribution >= 4 is 11.6 Å². The third-order valence-electron chi connectivity index (χ3n) is 1.62. The van der Waals surface area contributed by atoms with Gasteiger partial charge in [0.1, 0.15) is 5.75 Å². The molecule has 0 aliphatic rings. The molecule has 0 spiro atoms. The van der Waals surface area contributed by atoms with Crippen molar-refractivity contribution in [2.75, 3.05) is 12.5 Å². The quantitative estimate of drug-likeness (QED) is 0.654. The van der Waals surface area contributed by atoms with Gasteiger partial charge in [-0.05, 0) is 31.0 Å². The van der Waals surface area contributed by atoms with Gasteiger partial charge in [-0.2, -0.15) is 0 Å². The average Bonchev–Trinajstić information content (AvgIpc) is 2.09. The van der Waals surface area contributed by atoms with Crippen molar-refractivity contribution in [3.8, 4) is 5.75 Å². The average molecular weight is 185 g/mol. The van der Waals surface area contributed by atoms with Gasteiger partial charge >= 0.3 is 0 Å². The topological polar surface area (TPSA) is 9.23 Å². The molecule has 0 amide bonds. The number of halogens is 1. The second kappa shape index (κ2) is 5.04. The molecule has 0 aromatic heterocycles. The number of hydrogen-bond acceptors (Lipinski definition) is 1. The summed E-state index contributed by atoms with van der Waals surface area (Å²) in [5.74, 6) is 1.60. The van der Waals surface area contributed by atoms with Gasteiger partial charge in [0, 0.05) is 5.88 Å². The maximum absolute atomic E-state index is 5.61. The van der Waals surface area contributed by atoms with Crippen LogP contribution in [-0.4, -0.2) is 12.5 Å². The molecule has 1 nitrogen and oxygen atoms in total. The van der Waals surface area contributed by atoms with E-state index in [9.17, 15) is 0 Å². The first kappa shape index (κ1) is 9.40. The molecule has 0 aliphatic carbocycles. The Labute approximate surface area is 78.3 Å². The van der Waals surface area contributed by atoms with Crippen LogP contribution in [0.1, 0.15) is 12.5 Å². The summed E-state index contributed by atoms with van der Waals surface area (Å²) in [6, 6.07) is 8.05. The Balaban J connectivity index is 2.58. The van der Waals surface area contributed by atoms with E-state index in [4.69, 9.17) is 16.3 Å². The molecule has 0 aliphatic heterocycles. The Hall–Kier alpha value is -0.690. The first-order chi connectivity index (χ1) is 5.86. The van der Waals surface area contributed by atoms with Gasteiger partial charge in [0.25, 0.3) is 0 Å². The SMILES string of the molecule is CCOc1ccc(CCCl)cc1. The monoisotopic (exact) mass is 184 g/mol. The molecule has 1 aromatic rings. The minimum absolute atomic E-state index is 0.675. The molecule has 0 saturated carbocycles. The van der Waals surface area contributed by atoms with Crippen molar-refractivity contribution in [2.24, 2.45) is 0 Å². The first-order valence-corrected chi connectivity index (χ1v) is 4.68. The Morgan fingerprint density at radius 1 is 1.25 bits per heavy atom. The highest BCUT2D eigenvalue weighted by Gasteiger charge is 1.93. The molecule has 0 saturated heterocycles. The van der Waals surface area contributed by atoms with Crippen molar-refractivity contribution in [2.45, 2.75) is 13.3 Å². The maximum Gasteiger partial charge on any atom is 0.119 e. The lowest BCUT2D eigenvalue weighted by Gasteiger charge is -2.03. The van der Waals surface area contributed by atoms with Crippen LogP contribution in [0.3, 0.4) is 0 Å². The highest BCUT2D eigenvalue weighted by molar-refractivity contribution is 6.17. The van der Waals surface area contributed by atoms with Gasteiger partial charge in [0.2, 0.25) is 0 Å². The highest BCUT2D eigenvalue weighted by atomic mass is 35.5. The molecule has 0 fully saturated rings. The molecule has 1 aromatic carbocycles. The van der Waals surface area contributed by atoms with Crippen LogP contribution in [0.2, 0.25) is 0 Å². The summed E-state index contributed by atoms with van der Waals surface area (Å²) in [7, 11) is 0. The van der Waals surface area contributed by atoms with Crippen LogP contribution < -0.4 is 4.74 Å². The lowest BCUT2D eigenvalue weighted by molar-refractivity contribution is 0.340. The number of benzene rings is 1. The Bertz CT molecular complexity index is 193. The summed E-state index contributed by atoms with van der Waals surface area (Å²) in [4.78, 5) is 0. The van der Waals surface area contributed by atoms with E-state index in [1.165, 1.54) is 5.56 Å². The second-order valence-electron chi connectivity index (χ2n) is 2.52. The summed E-state index contributed by atoms with van der Waals surface area (Å²) < 4.78 is 5.31. The van der Waals surface area contributed by atoms with Crippen molar-refractivity contribution in [1.82, 2.24) is 0 Å². The zero-order chi connectivity index (χ0) is 8.81. The zero-order valence-electron chi connectivity index (χ0n) is 7.22. The standard InChI is InChI=1S/C10H13ClO/c1-2-12-10-5-3-9(4-6-10)7-8-11/h3-6H,2,7-8H2,1H3. The molecule has 0 radical (unpaired) electrons. The predicted octanol–water partition coefficient (Wildman–Crippen LogP) is 2.87. The maximum atomic E-state index is 5.61. The van der Waals surface area contributed by atoms with Crippen molar-refractivity contribution < 1.29 is 4.74 Å². The fourth-order valence-corrected chi connectivity index (χ4v) is 1.25. The van der Waals surface area contributed by atoms with Crippen LogP contribution in [0, 0.1) is 0 Å². The molecular weight excluding hydrogens is 172 g/mol. The van der Waals surface area contributed by atoms with E-state index in [-0.39, 0.29) is 0 Å². The van der Waals surface area contributed by atoms with E-state index in [1.807, 2.05) is 31.2 Å².